The Balaban J connectivity index is 0.000000162. The number of aliphatic carboxylic acids is 1. The second-order valence-corrected chi connectivity index (χ2v) is 23.9. The van der Waals surface area contributed by atoms with E-state index in [2.05, 4.69) is 87.4 Å². The first-order valence-electron chi connectivity index (χ1n) is 28.4. The second kappa shape index (κ2) is 23.7. The van der Waals surface area contributed by atoms with E-state index in [0.29, 0.717) is 53.7 Å². The molecule has 0 radical (unpaired) electrons. The van der Waals surface area contributed by atoms with Crippen molar-refractivity contribution in [1.82, 2.24) is 0 Å². The zero-order valence-electron chi connectivity index (χ0n) is 46.5. The summed E-state index contributed by atoms with van der Waals surface area (Å²) in [6, 6.07) is 12.0. The van der Waals surface area contributed by atoms with Crippen LogP contribution < -0.4 is 19.9 Å². The molecule has 10 nitrogen and oxygen atoms in total. The van der Waals surface area contributed by atoms with E-state index in [0.717, 1.165) is 109 Å². The average Bonchev–Trinajstić information content (AvgIpc) is 3.33. The number of carbonyl (C=O) groups is 2. The van der Waals surface area contributed by atoms with Gasteiger partial charge in [-0.3, -0.25) is 4.79 Å². The number of phenols is 3. The van der Waals surface area contributed by atoms with Gasteiger partial charge in [-0.15, -0.1) is 0 Å². The van der Waals surface area contributed by atoms with Crippen LogP contribution in [-0.4, -0.2) is 49.1 Å². The van der Waals surface area contributed by atoms with Crippen molar-refractivity contribution in [2.75, 3.05) is 0 Å². The van der Waals surface area contributed by atoms with Crippen LogP contribution in [0.15, 0.2) is 71.3 Å². The van der Waals surface area contributed by atoms with Gasteiger partial charge < -0.3 is 40.4 Å². The standard InChI is InChI=1S/C22H32O2.C21H29NO3.C21H28O4/c1-5-7-8-9-16-13-19(23)21-17-12-15(6-2)10-11-18(17)22(3,4)24-20(21)14-16;1-4-5-6-7-13-10-17(23)19-15-12-14(20(22)24)8-9-16(15)21(2,3)25-18(19)11-13;1-4-5-6-7-13-10-17(22)19-15-12-14(20(23)24)8-9-16(15)21(2,3)25-18(19)11-13/h10,13-14,17-18,23H,5-9,11-12H2,1-4H3;8,10-11,15-16,23H,4-7,9,12H2,1-3H3,(H2,22,24);8,10-11,15-16,22H,4-7,9,12H2,1-3H3,(H,23,24). The lowest BCUT2D eigenvalue weighted by Gasteiger charge is -2.47. The predicted molar refractivity (Wildman–Crippen MR) is 296 cm³/mol. The van der Waals surface area contributed by atoms with Crippen LogP contribution in [0, 0.1) is 17.8 Å². The molecule has 3 aromatic rings. The number of aryl methyl sites for hydroxylation is 3. The topological polar surface area (TPSA) is 169 Å². The highest BCUT2D eigenvalue weighted by Crippen LogP contribution is 2.57. The molecule has 6 atom stereocenters. The smallest absolute Gasteiger partial charge is 0.331 e. The normalized spacial score (nSPS) is 24.1. The van der Waals surface area contributed by atoms with Gasteiger partial charge in [-0.25, -0.2) is 4.79 Å². The molecule has 9 rings (SSSR count). The number of benzene rings is 3. The average molecular weight is 1020 g/mol. The molecule has 0 saturated carbocycles. The maximum atomic E-state index is 11.6. The Bertz CT molecular complexity index is 2480. The third-order valence-corrected chi connectivity index (χ3v) is 17.4. The predicted octanol–water partition coefficient (Wildman–Crippen LogP) is 15.1. The van der Waals surface area contributed by atoms with E-state index in [4.69, 9.17) is 19.9 Å². The Morgan fingerprint density at radius 1 is 0.514 bits per heavy atom. The lowest BCUT2D eigenvalue weighted by molar-refractivity contribution is -0.133. The molecule has 0 saturated heterocycles. The number of nitrogens with two attached hydrogens (primary N) is 1. The highest BCUT2D eigenvalue weighted by Gasteiger charge is 2.49. The monoisotopic (exact) mass is 1020 g/mol. The first kappa shape index (κ1) is 56.3. The molecule has 3 aliphatic carbocycles. The minimum atomic E-state index is -0.861. The molecular weight excluding hydrogens is 927 g/mol. The molecular formula is C64H89NO9. The number of aromatic hydroxyl groups is 3. The summed E-state index contributed by atoms with van der Waals surface area (Å²) < 4.78 is 19.0. The van der Waals surface area contributed by atoms with Gasteiger partial charge >= 0.3 is 5.97 Å². The molecule has 3 aromatic carbocycles. The minimum Gasteiger partial charge on any atom is -0.508 e. The highest BCUT2D eigenvalue weighted by molar-refractivity contribution is 5.92. The van der Waals surface area contributed by atoms with Gasteiger partial charge in [0.2, 0.25) is 5.91 Å². The van der Waals surface area contributed by atoms with Gasteiger partial charge in [0.25, 0.3) is 0 Å². The van der Waals surface area contributed by atoms with Crippen LogP contribution in [0.1, 0.15) is 223 Å². The molecule has 0 bridgehead atoms. The van der Waals surface area contributed by atoms with E-state index in [1.807, 2.05) is 36.4 Å². The number of phenolic OH excluding ortho intramolecular Hbond substituents is 3. The van der Waals surface area contributed by atoms with Crippen molar-refractivity contribution in [1.29, 1.82) is 0 Å². The number of carboxylic acids is 1. The molecule has 3 aliphatic heterocycles. The zero-order chi connectivity index (χ0) is 53.7. The number of amides is 1. The fourth-order valence-electron chi connectivity index (χ4n) is 13.3. The fraction of sp³-hybridized carbons (Fsp3) is 0.594. The van der Waals surface area contributed by atoms with Crippen molar-refractivity contribution < 1.29 is 44.2 Å². The molecule has 1 amide bonds. The number of carbonyl (C=O) groups excluding carboxylic acids is 1. The summed E-state index contributed by atoms with van der Waals surface area (Å²) in [5, 5.41) is 41.5. The summed E-state index contributed by atoms with van der Waals surface area (Å²) in [5.74, 6) is 3.45. The number of fused-ring (bicyclic) bond motifs is 9. The van der Waals surface area contributed by atoms with E-state index < -0.39 is 5.97 Å². The maximum Gasteiger partial charge on any atom is 0.331 e. The van der Waals surface area contributed by atoms with Gasteiger partial charge in [0.05, 0.1) is 0 Å². The Morgan fingerprint density at radius 2 is 0.851 bits per heavy atom. The van der Waals surface area contributed by atoms with E-state index in [1.54, 1.807) is 0 Å². The van der Waals surface area contributed by atoms with E-state index in [-0.39, 0.29) is 52.1 Å². The SMILES string of the molecule is CCCCCc1cc(O)c2c(c1)OC(C)(C)C1CC=C(C(=O)O)CC21.CCCCCc1cc(O)c2c(c1)OC(C)(C)C1CC=C(C(N)=O)CC21.CCCCCc1cc(O)c2c(c1)OC(C)(C)C1CC=C(CC)CC21. The number of carboxylic acid groups (broad SMARTS) is 1. The van der Waals surface area contributed by atoms with Crippen LogP contribution in [0.4, 0.5) is 0 Å². The van der Waals surface area contributed by atoms with Crippen molar-refractivity contribution >= 4 is 11.9 Å². The minimum absolute atomic E-state index is 0.0143. The van der Waals surface area contributed by atoms with Gasteiger partial charge in [-0.2, -0.15) is 0 Å². The van der Waals surface area contributed by atoms with Gasteiger partial charge in [0.15, 0.2) is 0 Å². The molecule has 6 aliphatic rings. The summed E-state index contributed by atoms with van der Waals surface area (Å²) in [7, 11) is 0. The first-order chi connectivity index (χ1) is 35.1. The molecule has 3 heterocycles. The van der Waals surface area contributed by atoms with Gasteiger partial charge in [0, 0.05) is 63.3 Å². The number of unbranched alkanes of at least 4 members (excludes halogenated alkanes) is 6. The lowest BCUT2D eigenvalue weighted by Crippen LogP contribution is -2.46. The lowest BCUT2D eigenvalue weighted by atomic mass is 9.66. The zero-order valence-corrected chi connectivity index (χ0v) is 46.5. The largest absolute Gasteiger partial charge is 0.508 e. The van der Waals surface area contributed by atoms with Crippen LogP contribution in [0.2, 0.25) is 0 Å². The van der Waals surface area contributed by atoms with Crippen molar-refractivity contribution in [2.45, 2.75) is 226 Å². The number of allylic oxidation sites excluding steroid dienone is 4. The van der Waals surface area contributed by atoms with E-state index in [1.165, 1.54) is 49.7 Å². The van der Waals surface area contributed by atoms with Crippen molar-refractivity contribution in [2.24, 2.45) is 23.5 Å². The van der Waals surface area contributed by atoms with Gasteiger partial charge in [-0.1, -0.05) is 90.0 Å². The van der Waals surface area contributed by atoms with Gasteiger partial charge in [-0.05, 0) is 178 Å². The molecule has 6 N–H and O–H groups in total. The van der Waals surface area contributed by atoms with Crippen LogP contribution >= 0.6 is 0 Å². The van der Waals surface area contributed by atoms with Gasteiger partial charge in [0.1, 0.15) is 51.3 Å². The molecule has 404 valence electrons. The maximum absolute atomic E-state index is 11.6. The molecule has 74 heavy (non-hydrogen) atoms. The Hall–Kier alpha value is -5.38. The number of primary amides is 1. The number of hydrogen-bond donors (Lipinski definition) is 5. The van der Waals surface area contributed by atoms with Crippen molar-refractivity contribution in [3.63, 3.8) is 0 Å². The summed E-state index contributed by atoms with van der Waals surface area (Å²) >= 11 is 0. The summed E-state index contributed by atoms with van der Waals surface area (Å²) in [6.07, 6.45) is 25.2. The van der Waals surface area contributed by atoms with Crippen LogP contribution in [-0.2, 0) is 28.9 Å². The molecule has 0 spiro atoms. The third kappa shape index (κ3) is 12.5. The number of ether oxygens (including phenoxy) is 3. The fourth-order valence-corrected chi connectivity index (χ4v) is 13.3. The first-order valence-corrected chi connectivity index (χ1v) is 28.4. The van der Waals surface area contributed by atoms with Crippen LogP contribution in [0.5, 0.6) is 34.5 Å². The van der Waals surface area contributed by atoms with E-state index in [9.17, 15) is 30.0 Å². The summed E-state index contributed by atoms with van der Waals surface area (Å²) in [6.45, 7) is 21.5. The van der Waals surface area contributed by atoms with E-state index >= 15 is 0 Å². The number of hydrogen-bond acceptors (Lipinski definition) is 8. The molecule has 0 fully saturated rings. The second-order valence-electron chi connectivity index (χ2n) is 23.9. The Morgan fingerprint density at radius 3 is 1.19 bits per heavy atom. The quantitative estimate of drug-likeness (QED) is 0.0735. The van der Waals surface area contributed by atoms with Crippen LogP contribution in [0.25, 0.3) is 0 Å². The molecule has 6 unspecified atom stereocenters. The summed E-state index contributed by atoms with van der Waals surface area (Å²) in [5.41, 5.74) is 13.3. The Kier molecular flexibility index (Phi) is 18.0. The van der Waals surface area contributed by atoms with Crippen molar-refractivity contribution in [3.05, 3.63) is 105 Å². The van der Waals surface area contributed by atoms with Crippen LogP contribution in [0.3, 0.4) is 0 Å². The molecule has 10 heteroatoms. The third-order valence-electron chi connectivity index (χ3n) is 17.4. The van der Waals surface area contributed by atoms with Crippen molar-refractivity contribution in [3.8, 4) is 34.5 Å². The number of rotatable bonds is 15. The highest BCUT2D eigenvalue weighted by atomic mass is 16.5. The summed E-state index contributed by atoms with van der Waals surface area (Å²) in [4.78, 5) is 23.1. The molecule has 0 aromatic heterocycles. The Labute approximate surface area is 442 Å².